The lowest BCUT2D eigenvalue weighted by atomic mass is 9.72. The Morgan fingerprint density at radius 2 is 1.84 bits per heavy atom. The second kappa shape index (κ2) is 10.7. The van der Waals surface area contributed by atoms with Gasteiger partial charge in [0.1, 0.15) is 0 Å². The summed E-state index contributed by atoms with van der Waals surface area (Å²) in [5, 5.41) is 15.4. The van der Waals surface area contributed by atoms with Crippen molar-refractivity contribution in [3.8, 4) is 11.2 Å². The van der Waals surface area contributed by atoms with Crippen molar-refractivity contribution in [3.05, 3.63) is 0 Å². The van der Waals surface area contributed by atoms with Crippen molar-refractivity contribution in [1.82, 2.24) is 5.32 Å². The third-order valence-electron chi connectivity index (χ3n) is 3.91. The van der Waals surface area contributed by atoms with E-state index in [2.05, 4.69) is 16.5 Å². The van der Waals surface area contributed by atoms with Gasteiger partial charge in [0.25, 0.3) is 0 Å². The Hall–Kier alpha value is -1.19. The standard InChI is InChI=1S/C19H33NO4S/c1-8-19(7,16(22)20-12-15(4)21)13-18(5,6)17(23)24-10-9-11-25-14(2)3/h14-15,21H,8,10,12-13H2,1-7H3,(H,20,22). The molecule has 2 N–H and O–H groups in total. The Labute approximate surface area is 156 Å². The van der Waals surface area contributed by atoms with Crippen LogP contribution in [0.3, 0.4) is 0 Å². The van der Waals surface area contributed by atoms with Gasteiger partial charge in [-0.2, -0.15) is 0 Å². The van der Waals surface area contributed by atoms with E-state index >= 15 is 0 Å². The molecular weight excluding hydrogens is 338 g/mol. The van der Waals surface area contributed by atoms with E-state index < -0.39 is 16.9 Å². The van der Waals surface area contributed by atoms with Crippen LogP contribution in [0.25, 0.3) is 0 Å². The highest BCUT2D eigenvalue weighted by atomic mass is 32.2. The molecule has 0 aliphatic rings. The minimum absolute atomic E-state index is 0.0546. The van der Waals surface area contributed by atoms with Gasteiger partial charge in [0.2, 0.25) is 5.91 Å². The van der Waals surface area contributed by atoms with Crippen molar-refractivity contribution in [2.24, 2.45) is 10.8 Å². The number of carbonyl (C=O) groups is 2. The molecule has 2 unspecified atom stereocenters. The first kappa shape index (κ1) is 23.8. The molecule has 0 aromatic carbocycles. The number of aliphatic hydroxyl groups is 1. The third-order valence-corrected chi connectivity index (χ3v) is 4.65. The largest absolute Gasteiger partial charge is 0.452 e. The van der Waals surface area contributed by atoms with Crippen LogP contribution >= 0.6 is 11.8 Å². The molecule has 0 rings (SSSR count). The van der Waals surface area contributed by atoms with Gasteiger partial charge in [0, 0.05) is 17.2 Å². The summed E-state index contributed by atoms with van der Waals surface area (Å²) in [6.45, 7) is 13.3. The molecule has 0 aromatic heterocycles. The zero-order valence-electron chi connectivity index (χ0n) is 16.6. The first-order valence-electron chi connectivity index (χ1n) is 8.71. The molecule has 0 fully saturated rings. The van der Waals surface area contributed by atoms with E-state index in [1.54, 1.807) is 20.8 Å². The molecule has 0 aliphatic heterocycles. The highest BCUT2D eigenvalue weighted by Gasteiger charge is 2.41. The number of hydrogen-bond acceptors (Lipinski definition) is 5. The van der Waals surface area contributed by atoms with E-state index in [1.165, 1.54) is 11.8 Å². The summed E-state index contributed by atoms with van der Waals surface area (Å²) in [5.41, 5.74) is -1.52. The Balaban J connectivity index is 4.78. The Bertz CT molecular complexity index is 505. The van der Waals surface area contributed by atoms with Gasteiger partial charge in [0.15, 0.2) is 6.61 Å². The molecule has 0 saturated heterocycles. The van der Waals surface area contributed by atoms with Crippen LogP contribution in [0.4, 0.5) is 0 Å². The van der Waals surface area contributed by atoms with Gasteiger partial charge in [0.05, 0.1) is 11.5 Å². The lowest BCUT2D eigenvalue weighted by Gasteiger charge is -2.34. The fourth-order valence-electron chi connectivity index (χ4n) is 2.35. The smallest absolute Gasteiger partial charge is 0.312 e. The van der Waals surface area contributed by atoms with Crippen LogP contribution in [0, 0.1) is 22.0 Å². The third kappa shape index (κ3) is 9.18. The van der Waals surface area contributed by atoms with Gasteiger partial charge in [-0.1, -0.05) is 39.5 Å². The maximum atomic E-state index is 12.5. The average molecular weight is 372 g/mol. The first-order chi connectivity index (χ1) is 11.4. The fourth-order valence-corrected chi connectivity index (χ4v) is 2.73. The first-order valence-corrected chi connectivity index (χ1v) is 9.59. The molecule has 144 valence electrons. The molecule has 25 heavy (non-hydrogen) atoms. The number of carbonyl (C=O) groups excluding carboxylic acids is 2. The van der Waals surface area contributed by atoms with Crippen LogP contribution < -0.4 is 5.32 Å². The van der Waals surface area contributed by atoms with Gasteiger partial charge < -0.3 is 15.2 Å². The molecule has 2 atom stereocenters. The molecule has 0 aliphatic carbocycles. The quantitative estimate of drug-likeness (QED) is 0.481. The summed E-state index contributed by atoms with van der Waals surface area (Å²) >= 11 is 1.49. The van der Waals surface area contributed by atoms with Crippen LogP contribution in [0.2, 0.25) is 0 Å². The van der Waals surface area contributed by atoms with Crippen molar-refractivity contribution in [2.75, 3.05) is 13.2 Å². The molecular formula is C19H33NO4S. The van der Waals surface area contributed by atoms with Crippen LogP contribution in [0.15, 0.2) is 0 Å². The molecule has 0 radical (unpaired) electrons. The van der Waals surface area contributed by atoms with Crippen LogP contribution in [-0.2, 0) is 14.3 Å². The van der Waals surface area contributed by atoms with Crippen molar-refractivity contribution < 1.29 is 19.4 Å². The second-order valence-corrected chi connectivity index (χ2v) is 8.94. The zero-order valence-corrected chi connectivity index (χ0v) is 17.4. The molecule has 0 spiro atoms. The van der Waals surface area contributed by atoms with Crippen LogP contribution in [0.1, 0.15) is 61.3 Å². The van der Waals surface area contributed by atoms with Crippen molar-refractivity contribution in [1.29, 1.82) is 0 Å². The average Bonchev–Trinajstić information content (AvgIpc) is 2.50. The van der Waals surface area contributed by atoms with Gasteiger partial charge in [-0.05, 0) is 44.8 Å². The highest BCUT2D eigenvalue weighted by molar-refractivity contribution is 8.04. The molecule has 6 heteroatoms. The maximum Gasteiger partial charge on any atom is 0.312 e. The number of thioether (sulfide) groups is 1. The Morgan fingerprint density at radius 3 is 2.32 bits per heavy atom. The van der Waals surface area contributed by atoms with Gasteiger partial charge >= 0.3 is 5.97 Å². The number of nitrogens with one attached hydrogen (secondary N) is 1. The molecule has 0 heterocycles. The molecule has 1 amide bonds. The van der Waals surface area contributed by atoms with E-state index in [4.69, 9.17) is 4.74 Å². The van der Waals surface area contributed by atoms with Crippen LogP contribution in [-0.4, -0.2) is 41.5 Å². The molecule has 0 saturated carbocycles. The molecule has 0 bridgehead atoms. The summed E-state index contributed by atoms with van der Waals surface area (Å²) in [4.78, 5) is 24.8. The predicted molar refractivity (Wildman–Crippen MR) is 103 cm³/mol. The van der Waals surface area contributed by atoms with E-state index in [9.17, 15) is 14.7 Å². The summed E-state index contributed by atoms with van der Waals surface area (Å²) in [6.07, 6.45) is 0.334. The lowest BCUT2D eigenvalue weighted by molar-refractivity contribution is -0.155. The summed E-state index contributed by atoms with van der Waals surface area (Å²) in [5.74, 6) is 2.29. The van der Waals surface area contributed by atoms with Crippen molar-refractivity contribution in [2.45, 2.75) is 72.7 Å². The number of amides is 1. The van der Waals surface area contributed by atoms with E-state index in [1.807, 2.05) is 27.7 Å². The monoisotopic (exact) mass is 371 g/mol. The number of aliphatic hydroxyl groups excluding tert-OH is 1. The number of hydrogen-bond donors (Lipinski definition) is 2. The fraction of sp³-hybridized carbons (Fsp3) is 0.789. The summed E-state index contributed by atoms with van der Waals surface area (Å²) in [6, 6.07) is 0. The van der Waals surface area contributed by atoms with Gasteiger partial charge in [-0.25, -0.2) is 0 Å². The minimum atomic E-state index is -0.806. The normalized spacial score (nSPS) is 14.9. The Morgan fingerprint density at radius 1 is 1.24 bits per heavy atom. The van der Waals surface area contributed by atoms with Crippen LogP contribution in [0.5, 0.6) is 0 Å². The minimum Gasteiger partial charge on any atom is -0.452 e. The topological polar surface area (TPSA) is 75.6 Å². The number of ether oxygens (including phenoxy) is 1. The number of esters is 1. The predicted octanol–water partition coefficient (Wildman–Crippen LogP) is 2.96. The van der Waals surface area contributed by atoms with E-state index in [0.717, 1.165) is 0 Å². The highest BCUT2D eigenvalue weighted by Crippen LogP contribution is 2.37. The SMILES string of the molecule is CCC(C)(CC(C)(C)C(=O)OCC#CSC(C)C)C(=O)NCC(C)O. The van der Waals surface area contributed by atoms with E-state index in [0.29, 0.717) is 18.1 Å². The number of rotatable bonds is 9. The zero-order chi connectivity index (χ0) is 19.7. The molecule has 0 aromatic rings. The van der Waals surface area contributed by atoms with Crippen molar-refractivity contribution >= 4 is 23.6 Å². The summed E-state index contributed by atoms with van der Waals surface area (Å²) < 4.78 is 5.26. The van der Waals surface area contributed by atoms with E-state index in [-0.39, 0.29) is 25.0 Å². The van der Waals surface area contributed by atoms with Crippen molar-refractivity contribution in [3.63, 3.8) is 0 Å². The summed E-state index contributed by atoms with van der Waals surface area (Å²) in [7, 11) is 0. The van der Waals surface area contributed by atoms with Gasteiger partial charge in [-0.15, -0.1) is 0 Å². The van der Waals surface area contributed by atoms with Gasteiger partial charge in [-0.3, -0.25) is 9.59 Å². The second-order valence-electron chi connectivity index (χ2n) is 7.56. The Kier molecular flexibility index (Phi) is 10.2. The maximum absolute atomic E-state index is 12.5. The lowest BCUT2D eigenvalue weighted by Crippen LogP contribution is -2.45. The molecule has 5 nitrogen and oxygen atoms in total.